The van der Waals surface area contributed by atoms with Crippen molar-refractivity contribution in [3.63, 3.8) is 0 Å². The van der Waals surface area contributed by atoms with E-state index in [1.807, 2.05) is 20.8 Å². The maximum Gasteiger partial charge on any atom is 0.323 e. The average Bonchev–Trinajstić information content (AvgIpc) is 1.85. The molecule has 0 aliphatic carbocycles. The SMILES string of the molecule is CCC(C#CP(=O)(Cl)Cl)=C(C)C. The maximum atomic E-state index is 10.8. The molecule has 0 atom stereocenters. The van der Waals surface area contributed by atoms with Crippen LogP contribution in [-0.4, -0.2) is 0 Å². The lowest BCUT2D eigenvalue weighted by molar-refractivity contribution is 0.598. The maximum absolute atomic E-state index is 10.8. The van der Waals surface area contributed by atoms with Crippen LogP contribution in [0.5, 0.6) is 0 Å². The van der Waals surface area contributed by atoms with Gasteiger partial charge in [0.15, 0.2) is 0 Å². The van der Waals surface area contributed by atoms with Gasteiger partial charge in [0.1, 0.15) is 0 Å². The molecule has 0 aromatic rings. The Hall–Kier alpha value is 0.110. The summed E-state index contributed by atoms with van der Waals surface area (Å²) in [7, 11) is 0. The van der Waals surface area contributed by atoms with E-state index in [1.54, 1.807) is 0 Å². The Morgan fingerprint density at radius 1 is 1.42 bits per heavy atom. The predicted octanol–water partition coefficient (Wildman–Crippen LogP) is 4.36. The Morgan fingerprint density at radius 2 is 1.92 bits per heavy atom. The largest absolute Gasteiger partial charge is 0.323 e. The predicted molar refractivity (Wildman–Crippen MR) is 55.8 cm³/mol. The summed E-state index contributed by atoms with van der Waals surface area (Å²) in [5.74, 6) is -0.512. The molecule has 0 fully saturated rings. The fraction of sp³-hybridized carbons (Fsp3) is 0.500. The summed E-state index contributed by atoms with van der Waals surface area (Å²) in [6, 6.07) is 0. The first-order chi connectivity index (χ1) is 5.37. The van der Waals surface area contributed by atoms with E-state index in [4.69, 9.17) is 22.5 Å². The van der Waals surface area contributed by atoms with Gasteiger partial charge in [-0.05, 0) is 48.4 Å². The van der Waals surface area contributed by atoms with Gasteiger partial charge in [-0.25, -0.2) is 0 Å². The lowest BCUT2D eigenvalue weighted by Crippen LogP contribution is -1.78. The lowest BCUT2D eigenvalue weighted by Gasteiger charge is -1.96. The molecule has 12 heavy (non-hydrogen) atoms. The van der Waals surface area contributed by atoms with Crippen molar-refractivity contribution in [1.29, 1.82) is 0 Å². The lowest BCUT2D eigenvalue weighted by atomic mass is 10.1. The van der Waals surface area contributed by atoms with Crippen LogP contribution in [0.3, 0.4) is 0 Å². The van der Waals surface area contributed by atoms with Gasteiger partial charge in [-0.1, -0.05) is 18.4 Å². The summed E-state index contributed by atoms with van der Waals surface area (Å²) >= 11 is 10.5. The van der Waals surface area contributed by atoms with E-state index < -0.39 is 5.85 Å². The van der Waals surface area contributed by atoms with Gasteiger partial charge in [0.25, 0.3) is 0 Å². The van der Waals surface area contributed by atoms with Crippen LogP contribution in [0.2, 0.25) is 0 Å². The quantitative estimate of drug-likeness (QED) is 0.478. The Morgan fingerprint density at radius 3 is 2.17 bits per heavy atom. The molecule has 0 radical (unpaired) electrons. The zero-order valence-electron chi connectivity index (χ0n) is 7.32. The summed E-state index contributed by atoms with van der Waals surface area (Å²) in [5, 5.41) is 0. The van der Waals surface area contributed by atoms with Crippen LogP contribution in [0, 0.1) is 11.6 Å². The first kappa shape index (κ1) is 12.1. The number of rotatable bonds is 1. The van der Waals surface area contributed by atoms with Crippen molar-refractivity contribution in [2.75, 3.05) is 0 Å². The minimum Gasteiger partial charge on any atom is -0.275 e. The molecule has 68 valence electrons. The first-order valence-electron chi connectivity index (χ1n) is 3.55. The van der Waals surface area contributed by atoms with E-state index in [-0.39, 0.29) is 0 Å². The van der Waals surface area contributed by atoms with Crippen LogP contribution in [0.25, 0.3) is 0 Å². The summed E-state index contributed by atoms with van der Waals surface area (Å²) < 4.78 is 10.8. The second-order valence-electron chi connectivity index (χ2n) is 2.53. The van der Waals surface area contributed by atoms with E-state index in [2.05, 4.69) is 11.6 Å². The molecule has 0 spiro atoms. The van der Waals surface area contributed by atoms with Crippen molar-refractivity contribution in [3.05, 3.63) is 11.1 Å². The zero-order chi connectivity index (χ0) is 9.78. The second-order valence-corrected chi connectivity index (χ2v) is 7.05. The Bertz CT molecular complexity index is 286. The van der Waals surface area contributed by atoms with Gasteiger partial charge in [0.2, 0.25) is 0 Å². The van der Waals surface area contributed by atoms with Crippen molar-refractivity contribution >= 4 is 28.3 Å². The molecule has 0 bridgehead atoms. The van der Waals surface area contributed by atoms with Gasteiger partial charge in [-0.3, -0.25) is 4.57 Å². The molecule has 0 aromatic heterocycles. The molecule has 0 heterocycles. The first-order valence-corrected chi connectivity index (χ1v) is 7.07. The molecular weight excluding hydrogens is 214 g/mol. The van der Waals surface area contributed by atoms with Crippen molar-refractivity contribution in [1.82, 2.24) is 0 Å². The van der Waals surface area contributed by atoms with Crippen molar-refractivity contribution in [2.45, 2.75) is 27.2 Å². The fourth-order valence-corrected chi connectivity index (χ4v) is 1.22. The number of hydrogen-bond donors (Lipinski definition) is 0. The van der Waals surface area contributed by atoms with E-state index in [0.717, 1.165) is 17.6 Å². The molecule has 0 rings (SSSR count). The minimum absolute atomic E-state index is 0.809. The van der Waals surface area contributed by atoms with Crippen LogP contribution in [-0.2, 0) is 4.57 Å². The van der Waals surface area contributed by atoms with E-state index in [9.17, 15) is 4.57 Å². The smallest absolute Gasteiger partial charge is 0.275 e. The molecule has 0 saturated carbocycles. The average molecular weight is 225 g/mol. The fourth-order valence-electron chi connectivity index (χ4n) is 0.700. The van der Waals surface area contributed by atoms with Crippen molar-refractivity contribution in [2.24, 2.45) is 0 Å². The topological polar surface area (TPSA) is 17.1 Å². The third-order valence-electron chi connectivity index (χ3n) is 1.29. The van der Waals surface area contributed by atoms with Gasteiger partial charge in [-0.2, -0.15) is 0 Å². The third-order valence-corrected chi connectivity index (χ3v) is 2.17. The van der Waals surface area contributed by atoms with Crippen LogP contribution >= 0.6 is 28.3 Å². The van der Waals surface area contributed by atoms with Gasteiger partial charge >= 0.3 is 5.85 Å². The molecule has 0 N–H and O–H groups in total. The normalized spacial score (nSPS) is 10.1. The molecule has 1 nitrogen and oxygen atoms in total. The van der Waals surface area contributed by atoms with E-state index in [0.29, 0.717) is 0 Å². The third kappa shape index (κ3) is 5.72. The minimum atomic E-state index is -3.22. The number of hydrogen-bond acceptors (Lipinski definition) is 1. The van der Waals surface area contributed by atoms with Gasteiger partial charge in [0.05, 0.1) is 0 Å². The molecule has 0 aromatic carbocycles. The van der Waals surface area contributed by atoms with Crippen molar-refractivity contribution < 1.29 is 4.57 Å². The molecule has 4 heteroatoms. The molecule has 0 unspecified atom stereocenters. The highest BCUT2D eigenvalue weighted by atomic mass is 35.9. The summed E-state index contributed by atoms with van der Waals surface area (Å²) in [4.78, 5) is 0. The molecule has 0 aliphatic heterocycles. The van der Waals surface area contributed by atoms with Crippen LogP contribution in [0.15, 0.2) is 11.1 Å². The number of halogens is 2. The standard InChI is InChI=1S/C8H11Cl2OP/c1-4-8(7(2)3)5-6-12(9,10)11/h4H2,1-3H3. The molecule has 0 saturated heterocycles. The summed E-state index contributed by atoms with van der Waals surface area (Å²) in [6.07, 6.45) is 0.809. The second kappa shape index (κ2) is 4.97. The van der Waals surface area contributed by atoms with Gasteiger partial charge in [-0.15, -0.1) is 0 Å². The van der Waals surface area contributed by atoms with Crippen LogP contribution in [0.4, 0.5) is 0 Å². The van der Waals surface area contributed by atoms with Crippen LogP contribution in [0.1, 0.15) is 27.2 Å². The zero-order valence-corrected chi connectivity index (χ0v) is 9.72. The summed E-state index contributed by atoms with van der Waals surface area (Å²) in [5.41, 5.74) is 4.38. The van der Waals surface area contributed by atoms with Gasteiger partial charge < -0.3 is 0 Å². The highest BCUT2D eigenvalue weighted by Gasteiger charge is 2.07. The van der Waals surface area contributed by atoms with E-state index >= 15 is 0 Å². The monoisotopic (exact) mass is 224 g/mol. The Labute approximate surface area is 83.1 Å². The van der Waals surface area contributed by atoms with Gasteiger partial charge in [0, 0.05) is 5.57 Å². The van der Waals surface area contributed by atoms with E-state index in [1.165, 1.54) is 0 Å². The molecule has 0 amide bonds. The van der Waals surface area contributed by atoms with Crippen molar-refractivity contribution in [3.8, 4) is 11.6 Å². The highest BCUT2D eigenvalue weighted by molar-refractivity contribution is 8.11. The highest BCUT2D eigenvalue weighted by Crippen LogP contribution is 2.55. The molecule has 0 aliphatic rings. The molecular formula is C8H11Cl2OP. The Balaban J connectivity index is 4.72. The Kier molecular flexibility index (Phi) is 5.02. The number of allylic oxidation sites excluding steroid dienone is 2. The van der Waals surface area contributed by atoms with Crippen LogP contribution < -0.4 is 0 Å². The summed E-state index contributed by atoms with van der Waals surface area (Å²) in [6.45, 7) is 5.87.